The Hall–Kier alpha value is -0.960. The van der Waals surface area contributed by atoms with Crippen molar-refractivity contribution in [2.45, 2.75) is 50.4 Å². The maximum Gasteiger partial charge on any atom is 0.307 e. The molecule has 0 saturated carbocycles. The van der Waals surface area contributed by atoms with Gasteiger partial charge in [0.05, 0.1) is 11.7 Å². The van der Waals surface area contributed by atoms with Gasteiger partial charge in [0.1, 0.15) is 6.10 Å². The minimum atomic E-state index is -0.0699. The molecule has 0 aliphatic carbocycles. The topological polar surface area (TPSA) is 26.3 Å². The van der Waals surface area contributed by atoms with Gasteiger partial charge in [0, 0.05) is 10.3 Å². The van der Waals surface area contributed by atoms with Crippen LogP contribution in [0.2, 0.25) is 0 Å². The first kappa shape index (κ1) is 13.5. The molecule has 0 N–H and O–H groups in total. The molecular weight excluding hydrogens is 244 g/mol. The molecule has 1 aromatic rings. The molecule has 2 atom stereocenters. The number of rotatable bonds is 2. The summed E-state index contributed by atoms with van der Waals surface area (Å²) in [6.45, 7) is 8.45. The first-order valence-corrected chi connectivity index (χ1v) is 7.17. The summed E-state index contributed by atoms with van der Waals surface area (Å²) in [6, 6.07) is 8.43. The summed E-state index contributed by atoms with van der Waals surface area (Å²) in [7, 11) is 0. The lowest BCUT2D eigenvalue weighted by Gasteiger charge is -2.29. The van der Waals surface area contributed by atoms with Crippen molar-refractivity contribution in [2.24, 2.45) is 5.41 Å². The van der Waals surface area contributed by atoms with Gasteiger partial charge in [-0.15, -0.1) is 11.8 Å². The number of ether oxygens (including phenoxy) is 1. The van der Waals surface area contributed by atoms with E-state index in [2.05, 4.69) is 52.0 Å². The van der Waals surface area contributed by atoms with Crippen LogP contribution in [-0.4, -0.2) is 17.3 Å². The van der Waals surface area contributed by atoms with E-state index in [1.165, 1.54) is 10.5 Å². The molecule has 18 heavy (non-hydrogen) atoms. The standard InChI is InChI=1S/C15H20O2S/c1-10-5-7-11(8-6-10)18-12-9-13(16)17-14(12)15(2,3)4/h5-8,12,14H,9H2,1-4H3/t12-,14+/m0/s1. The van der Waals surface area contributed by atoms with E-state index in [9.17, 15) is 4.79 Å². The van der Waals surface area contributed by atoms with Crippen LogP contribution in [0.25, 0.3) is 0 Å². The monoisotopic (exact) mass is 264 g/mol. The highest BCUT2D eigenvalue weighted by Crippen LogP contribution is 2.40. The first-order valence-electron chi connectivity index (χ1n) is 6.29. The molecular formula is C15H20O2S. The minimum Gasteiger partial charge on any atom is -0.461 e. The van der Waals surface area contributed by atoms with Crippen LogP contribution in [0.4, 0.5) is 0 Å². The fourth-order valence-corrected chi connectivity index (χ4v) is 3.62. The number of esters is 1. The van der Waals surface area contributed by atoms with Gasteiger partial charge in [-0.1, -0.05) is 38.5 Å². The Labute approximate surface area is 113 Å². The molecule has 1 aromatic carbocycles. The molecule has 0 bridgehead atoms. The Morgan fingerprint density at radius 2 is 1.83 bits per heavy atom. The molecule has 98 valence electrons. The zero-order chi connectivity index (χ0) is 13.3. The van der Waals surface area contributed by atoms with Crippen LogP contribution in [0.5, 0.6) is 0 Å². The number of aryl methyl sites for hydroxylation is 1. The van der Waals surface area contributed by atoms with E-state index in [-0.39, 0.29) is 22.7 Å². The second-order valence-corrected chi connectivity index (χ2v) is 7.26. The van der Waals surface area contributed by atoms with Gasteiger partial charge in [0.2, 0.25) is 0 Å². The van der Waals surface area contributed by atoms with Gasteiger partial charge in [-0.25, -0.2) is 0 Å². The second kappa shape index (κ2) is 4.96. The van der Waals surface area contributed by atoms with E-state index in [4.69, 9.17) is 4.74 Å². The summed E-state index contributed by atoms with van der Waals surface area (Å²) in [4.78, 5) is 12.7. The number of carbonyl (C=O) groups excluding carboxylic acids is 1. The lowest BCUT2D eigenvalue weighted by molar-refractivity contribution is -0.144. The van der Waals surface area contributed by atoms with E-state index < -0.39 is 0 Å². The van der Waals surface area contributed by atoms with Crippen molar-refractivity contribution in [2.75, 3.05) is 0 Å². The Balaban J connectivity index is 2.12. The largest absolute Gasteiger partial charge is 0.461 e. The van der Waals surface area contributed by atoms with Gasteiger partial charge in [-0.2, -0.15) is 0 Å². The third-order valence-corrected chi connectivity index (χ3v) is 4.39. The quantitative estimate of drug-likeness (QED) is 0.760. The van der Waals surface area contributed by atoms with E-state index in [0.717, 1.165) is 0 Å². The molecule has 1 saturated heterocycles. The Morgan fingerprint density at radius 3 is 2.39 bits per heavy atom. The molecule has 0 amide bonds. The Kier molecular flexibility index (Phi) is 3.71. The van der Waals surface area contributed by atoms with Gasteiger partial charge in [0.15, 0.2) is 0 Å². The predicted octanol–water partition coefficient (Wildman–Crippen LogP) is 3.82. The van der Waals surface area contributed by atoms with E-state index in [1.807, 2.05) is 0 Å². The SMILES string of the molecule is Cc1ccc(S[C@H]2CC(=O)O[C@H]2C(C)(C)C)cc1. The van der Waals surface area contributed by atoms with Crippen LogP contribution in [0.15, 0.2) is 29.2 Å². The third kappa shape index (κ3) is 3.08. The number of carbonyl (C=O) groups is 1. The van der Waals surface area contributed by atoms with E-state index in [1.54, 1.807) is 11.8 Å². The summed E-state index contributed by atoms with van der Waals surface area (Å²) < 4.78 is 5.47. The highest BCUT2D eigenvalue weighted by molar-refractivity contribution is 8.00. The third-order valence-electron chi connectivity index (χ3n) is 3.13. The van der Waals surface area contributed by atoms with Crippen molar-refractivity contribution in [3.8, 4) is 0 Å². The van der Waals surface area contributed by atoms with Crippen molar-refractivity contribution >= 4 is 17.7 Å². The fraction of sp³-hybridized carbons (Fsp3) is 0.533. The van der Waals surface area contributed by atoms with Crippen molar-refractivity contribution in [3.63, 3.8) is 0 Å². The predicted molar refractivity (Wildman–Crippen MR) is 74.8 cm³/mol. The molecule has 1 aliphatic rings. The first-order chi connectivity index (χ1) is 8.36. The zero-order valence-corrected chi connectivity index (χ0v) is 12.2. The summed E-state index contributed by atoms with van der Waals surface area (Å²) in [5.74, 6) is -0.0699. The average Bonchev–Trinajstić information content (AvgIpc) is 2.63. The molecule has 1 aliphatic heterocycles. The van der Waals surface area contributed by atoms with Crippen molar-refractivity contribution < 1.29 is 9.53 Å². The highest BCUT2D eigenvalue weighted by atomic mass is 32.2. The number of thioether (sulfide) groups is 1. The molecule has 0 unspecified atom stereocenters. The second-order valence-electron chi connectivity index (χ2n) is 5.95. The Bertz CT molecular complexity index is 431. The number of benzene rings is 1. The molecule has 0 radical (unpaired) electrons. The minimum absolute atomic E-state index is 0.00342. The lowest BCUT2D eigenvalue weighted by Crippen LogP contribution is -2.33. The number of cyclic esters (lactones) is 1. The van der Waals surface area contributed by atoms with Crippen LogP contribution in [0.1, 0.15) is 32.8 Å². The highest BCUT2D eigenvalue weighted by Gasteiger charge is 2.42. The van der Waals surface area contributed by atoms with Crippen LogP contribution < -0.4 is 0 Å². The van der Waals surface area contributed by atoms with Crippen LogP contribution in [-0.2, 0) is 9.53 Å². The zero-order valence-electron chi connectivity index (χ0n) is 11.4. The summed E-state index contributed by atoms with van der Waals surface area (Å²) in [5, 5.41) is 0.222. The van der Waals surface area contributed by atoms with Gasteiger partial charge >= 0.3 is 5.97 Å². The maximum atomic E-state index is 11.5. The van der Waals surface area contributed by atoms with E-state index >= 15 is 0 Å². The van der Waals surface area contributed by atoms with E-state index in [0.29, 0.717) is 6.42 Å². The van der Waals surface area contributed by atoms with Crippen LogP contribution in [0, 0.1) is 12.3 Å². The molecule has 0 aromatic heterocycles. The van der Waals surface area contributed by atoms with Crippen molar-refractivity contribution in [1.82, 2.24) is 0 Å². The van der Waals surface area contributed by atoms with Gasteiger partial charge in [-0.05, 0) is 19.1 Å². The smallest absolute Gasteiger partial charge is 0.307 e. The molecule has 3 heteroatoms. The van der Waals surface area contributed by atoms with Crippen LogP contribution in [0.3, 0.4) is 0 Å². The van der Waals surface area contributed by atoms with Gasteiger partial charge in [-0.3, -0.25) is 4.79 Å². The molecule has 1 heterocycles. The van der Waals surface area contributed by atoms with Gasteiger partial charge < -0.3 is 4.74 Å². The molecule has 1 fully saturated rings. The number of hydrogen-bond donors (Lipinski definition) is 0. The van der Waals surface area contributed by atoms with Crippen molar-refractivity contribution in [3.05, 3.63) is 29.8 Å². The Morgan fingerprint density at radius 1 is 1.22 bits per heavy atom. The molecule has 2 nitrogen and oxygen atoms in total. The normalized spacial score (nSPS) is 24.1. The summed E-state index contributed by atoms with van der Waals surface area (Å²) in [6.07, 6.45) is 0.511. The average molecular weight is 264 g/mol. The molecule has 0 spiro atoms. The maximum absolute atomic E-state index is 11.5. The van der Waals surface area contributed by atoms with Gasteiger partial charge in [0.25, 0.3) is 0 Å². The fourth-order valence-electron chi connectivity index (χ4n) is 2.17. The lowest BCUT2D eigenvalue weighted by atomic mass is 9.87. The summed E-state index contributed by atoms with van der Waals surface area (Å²) in [5.41, 5.74) is 1.25. The number of hydrogen-bond acceptors (Lipinski definition) is 3. The molecule has 2 rings (SSSR count). The van der Waals surface area contributed by atoms with Crippen molar-refractivity contribution in [1.29, 1.82) is 0 Å². The van der Waals surface area contributed by atoms with Crippen LogP contribution >= 0.6 is 11.8 Å². The summed E-state index contributed by atoms with van der Waals surface area (Å²) >= 11 is 1.75.